The van der Waals surface area contributed by atoms with E-state index in [1.165, 1.54) is 30.0 Å². The number of hydrogen-bond acceptors (Lipinski definition) is 6. The summed E-state index contributed by atoms with van der Waals surface area (Å²) in [6.07, 6.45) is 11.6. The van der Waals surface area contributed by atoms with Crippen molar-refractivity contribution in [1.82, 2.24) is 25.2 Å². The first-order chi connectivity index (χ1) is 17.1. The first-order valence-corrected chi connectivity index (χ1v) is 12.3. The van der Waals surface area contributed by atoms with Crippen LogP contribution in [-0.4, -0.2) is 57.3 Å². The summed E-state index contributed by atoms with van der Waals surface area (Å²) in [5.74, 6) is -0.137. The highest BCUT2D eigenvalue weighted by Crippen LogP contribution is 2.33. The number of nitrogens with zero attached hydrogens (tertiary/aromatic N) is 5. The monoisotopic (exact) mass is 470 g/mol. The molecule has 3 aromatic rings. The number of hydrogen-bond donors (Lipinski definition) is 1. The summed E-state index contributed by atoms with van der Waals surface area (Å²) < 4.78 is 0. The van der Waals surface area contributed by atoms with Gasteiger partial charge in [-0.25, -0.2) is 9.97 Å². The Labute approximate surface area is 205 Å². The summed E-state index contributed by atoms with van der Waals surface area (Å²) >= 11 is 0. The molecule has 1 aliphatic heterocycles. The summed E-state index contributed by atoms with van der Waals surface area (Å²) in [5.41, 5.74) is 4.52. The minimum absolute atomic E-state index is 0.0612. The average Bonchev–Trinajstić information content (AvgIpc) is 3.32. The highest BCUT2D eigenvalue weighted by atomic mass is 16.2. The van der Waals surface area contributed by atoms with E-state index in [1.54, 1.807) is 0 Å². The van der Waals surface area contributed by atoms with Crippen LogP contribution in [0.2, 0.25) is 0 Å². The van der Waals surface area contributed by atoms with Gasteiger partial charge >= 0.3 is 0 Å². The second kappa shape index (κ2) is 10.2. The van der Waals surface area contributed by atoms with Crippen LogP contribution in [0.3, 0.4) is 0 Å². The normalized spacial score (nSPS) is 17.6. The zero-order valence-corrected chi connectivity index (χ0v) is 19.9. The van der Waals surface area contributed by atoms with E-state index in [0.29, 0.717) is 17.7 Å². The molecule has 2 aliphatic rings. The zero-order chi connectivity index (χ0) is 24.2. The van der Waals surface area contributed by atoms with E-state index in [2.05, 4.69) is 25.2 Å². The Morgan fingerprint density at radius 1 is 1.00 bits per heavy atom. The minimum Gasteiger partial charge on any atom is -0.371 e. The van der Waals surface area contributed by atoms with Crippen LogP contribution in [0.25, 0.3) is 0 Å². The van der Waals surface area contributed by atoms with E-state index >= 15 is 0 Å². The molecular formula is C27H30N6O2. The maximum absolute atomic E-state index is 13.6. The molecule has 180 valence electrons. The van der Waals surface area contributed by atoms with Crippen molar-refractivity contribution in [2.75, 3.05) is 24.5 Å². The number of aromatic nitrogens is 3. The third kappa shape index (κ3) is 4.87. The van der Waals surface area contributed by atoms with E-state index in [1.807, 2.05) is 54.5 Å². The van der Waals surface area contributed by atoms with Crippen LogP contribution >= 0.6 is 0 Å². The molecule has 2 amide bonds. The molecular weight excluding hydrogens is 440 g/mol. The number of benzene rings is 1. The van der Waals surface area contributed by atoms with Gasteiger partial charge in [0.1, 0.15) is 6.33 Å². The lowest BCUT2D eigenvalue weighted by atomic mass is 9.99. The van der Waals surface area contributed by atoms with Gasteiger partial charge in [-0.3, -0.25) is 14.6 Å². The lowest BCUT2D eigenvalue weighted by Gasteiger charge is -2.39. The molecule has 1 saturated heterocycles. The van der Waals surface area contributed by atoms with Crippen LogP contribution in [-0.2, 0) is 6.42 Å². The highest BCUT2D eigenvalue weighted by Gasteiger charge is 2.30. The molecule has 0 saturated carbocycles. The summed E-state index contributed by atoms with van der Waals surface area (Å²) in [6, 6.07) is 10.1. The molecule has 5 rings (SSSR count). The average molecular weight is 471 g/mol. The van der Waals surface area contributed by atoms with Crippen molar-refractivity contribution >= 4 is 17.5 Å². The topological polar surface area (TPSA) is 91.3 Å². The molecule has 35 heavy (non-hydrogen) atoms. The minimum atomic E-state index is -0.198. The van der Waals surface area contributed by atoms with Crippen LogP contribution < -0.4 is 10.2 Å². The number of pyridine rings is 1. The second-order valence-corrected chi connectivity index (χ2v) is 9.12. The molecule has 1 atom stereocenters. The number of aryl methyl sites for hydroxylation is 1. The van der Waals surface area contributed by atoms with Gasteiger partial charge in [-0.15, -0.1) is 0 Å². The Morgan fingerprint density at radius 2 is 1.74 bits per heavy atom. The summed E-state index contributed by atoms with van der Waals surface area (Å²) in [6.45, 7) is 4.55. The Bertz CT molecular complexity index is 1180. The largest absolute Gasteiger partial charge is 0.371 e. The van der Waals surface area contributed by atoms with Gasteiger partial charge in [0.25, 0.3) is 11.8 Å². The van der Waals surface area contributed by atoms with Crippen molar-refractivity contribution in [1.29, 1.82) is 0 Å². The molecule has 1 N–H and O–H groups in total. The number of piperidine rings is 1. The van der Waals surface area contributed by atoms with E-state index in [-0.39, 0.29) is 23.9 Å². The summed E-state index contributed by atoms with van der Waals surface area (Å²) in [5, 5.41) is 3.09. The Kier molecular flexibility index (Phi) is 6.70. The number of fused-ring (bicyclic) bond motifs is 1. The van der Waals surface area contributed by atoms with Crippen molar-refractivity contribution in [2.24, 2.45) is 0 Å². The predicted molar refractivity (Wildman–Crippen MR) is 133 cm³/mol. The van der Waals surface area contributed by atoms with Gasteiger partial charge in [0, 0.05) is 61.7 Å². The fourth-order valence-electron chi connectivity index (χ4n) is 5.27. The molecule has 3 heterocycles. The first kappa shape index (κ1) is 23.0. The van der Waals surface area contributed by atoms with Gasteiger partial charge in [-0.1, -0.05) is 6.07 Å². The smallest absolute Gasteiger partial charge is 0.254 e. The molecule has 0 radical (unpaired) electrons. The van der Waals surface area contributed by atoms with Crippen LogP contribution in [0.1, 0.15) is 64.1 Å². The lowest BCUT2D eigenvalue weighted by Crippen LogP contribution is -2.47. The molecule has 1 fully saturated rings. The van der Waals surface area contributed by atoms with E-state index in [4.69, 9.17) is 0 Å². The highest BCUT2D eigenvalue weighted by molar-refractivity contribution is 5.95. The molecule has 1 unspecified atom stereocenters. The van der Waals surface area contributed by atoms with Crippen LogP contribution in [0.15, 0.2) is 61.4 Å². The van der Waals surface area contributed by atoms with Crippen LogP contribution in [0.4, 0.5) is 5.69 Å². The molecule has 8 nitrogen and oxygen atoms in total. The molecule has 0 bridgehead atoms. The fourth-order valence-corrected chi connectivity index (χ4v) is 5.27. The van der Waals surface area contributed by atoms with E-state index < -0.39 is 0 Å². The standard InChI is InChI=1S/C27H30N6O2/c1-2-33(23-9-13-32(14-10-23)22-7-11-28-12-8-22)27(35)20-4-3-19-5-6-25(24(19)15-20)31-26(34)21-16-29-18-30-17-21/h3-4,7-8,11-12,15-18,23,25H,2,5-6,9-10,13-14H2,1H3,(H,31,34). The Morgan fingerprint density at radius 3 is 2.46 bits per heavy atom. The van der Waals surface area contributed by atoms with Crippen molar-refractivity contribution in [3.05, 3.63) is 83.7 Å². The van der Waals surface area contributed by atoms with Gasteiger partial charge in [-0.05, 0) is 68.0 Å². The maximum Gasteiger partial charge on any atom is 0.254 e. The number of anilines is 1. The number of carbonyl (C=O) groups excluding carboxylic acids is 2. The molecule has 1 aromatic carbocycles. The zero-order valence-electron chi connectivity index (χ0n) is 19.9. The van der Waals surface area contributed by atoms with Gasteiger partial charge in [-0.2, -0.15) is 0 Å². The molecule has 8 heteroatoms. The van der Waals surface area contributed by atoms with Crippen LogP contribution in [0, 0.1) is 0 Å². The molecule has 0 spiro atoms. The van der Waals surface area contributed by atoms with Gasteiger partial charge in [0.15, 0.2) is 0 Å². The Hall–Kier alpha value is -3.81. The lowest BCUT2D eigenvalue weighted by molar-refractivity contribution is 0.0663. The number of amides is 2. The van der Waals surface area contributed by atoms with Gasteiger partial charge in [0.2, 0.25) is 0 Å². The third-order valence-corrected chi connectivity index (χ3v) is 7.13. The van der Waals surface area contributed by atoms with Crippen molar-refractivity contribution in [3.8, 4) is 0 Å². The number of nitrogens with one attached hydrogen (secondary N) is 1. The van der Waals surface area contributed by atoms with E-state index in [0.717, 1.165) is 44.3 Å². The quantitative estimate of drug-likeness (QED) is 0.594. The van der Waals surface area contributed by atoms with Crippen molar-refractivity contribution < 1.29 is 9.59 Å². The number of rotatable bonds is 6. The first-order valence-electron chi connectivity index (χ1n) is 12.3. The number of carbonyl (C=O) groups is 2. The fraction of sp³-hybridized carbons (Fsp3) is 0.370. The van der Waals surface area contributed by atoms with E-state index in [9.17, 15) is 9.59 Å². The Balaban J connectivity index is 1.27. The molecule has 2 aromatic heterocycles. The van der Waals surface area contributed by atoms with Crippen molar-refractivity contribution in [2.45, 2.75) is 44.7 Å². The van der Waals surface area contributed by atoms with Gasteiger partial charge < -0.3 is 15.1 Å². The summed E-state index contributed by atoms with van der Waals surface area (Å²) in [7, 11) is 0. The second-order valence-electron chi connectivity index (χ2n) is 9.12. The maximum atomic E-state index is 13.6. The van der Waals surface area contributed by atoms with Crippen LogP contribution in [0.5, 0.6) is 0 Å². The summed E-state index contributed by atoms with van der Waals surface area (Å²) in [4.78, 5) is 42.6. The van der Waals surface area contributed by atoms with Crippen molar-refractivity contribution in [3.63, 3.8) is 0 Å². The van der Waals surface area contributed by atoms with Gasteiger partial charge in [0.05, 0.1) is 11.6 Å². The SMILES string of the molecule is CCN(C(=O)c1ccc2c(c1)C(NC(=O)c1cncnc1)CC2)C1CCN(c2ccncc2)CC1. The molecule has 1 aliphatic carbocycles. The predicted octanol–water partition coefficient (Wildman–Crippen LogP) is 3.42. The third-order valence-electron chi connectivity index (χ3n) is 7.13.